The number of anilines is 1. The topological polar surface area (TPSA) is 98.5 Å². The van der Waals surface area contributed by atoms with Gasteiger partial charge in [0.2, 0.25) is 0 Å². The Morgan fingerprint density at radius 3 is 2.30 bits per heavy atom. The predicted molar refractivity (Wildman–Crippen MR) is 89.3 cm³/mol. The maximum atomic E-state index is 12.4. The predicted octanol–water partition coefficient (Wildman–Crippen LogP) is 3.48. The first kappa shape index (κ1) is 17.2. The van der Waals surface area contributed by atoms with Crippen LogP contribution >= 0.6 is 15.9 Å². The highest BCUT2D eigenvalue weighted by Crippen LogP contribution is 2.40. The Labute approximate surface area is 141 Å². The van der Waals surface area contributed by atoms with Gasteiger partial charge in [-0.05, 0) is 41.1 Å². The smallest absolute Gasteiger partial charge is 0.294 e. The molecule has 0 aliphatic heterocycles. The molecule has 2 rings (SSSR count). The molecule has 0 spiro atoms. The number of ether oxygens (including phenoxy) is 1. The molecule has 0 atom stereocenters. The van der Waals surface area contributed by atoms with Crippen molar-refractivity contribution in [3.05, 3.63) is 56.5 Å². The molecule has 0 saturated heterocycles. The summed E-state index contributed by atoms with van der Waals surface area (Å²) in [7, 11) is -2.59. The SMILES string of the molecule is COc1ccc([N+](=O)[O-])c(NS(=O)(=O)c2ccc(C)cc2)c1Br. The molecule has 0 heterocycles. The van der Waals surface area contributed by atoms with Crippen LogP contribution in [0.15, 0.2) is 45.8 Å². The summed E-state index contributed by atoms with van der Waals surface area (Å²) in [4.78, 5) is 10.5. The standard InChI is InChI=1S/C14H13BrN2O5S/c1-9-3-5-10(6-4-9)23(20,21)16-14-11(17(18)19)7-8-12(22-2)13(14)15/h3-8,16H,1-2H3. The number of rotatable bonds is 5. The normalized spacial score (nSPS) is 11.1. The third-order valence-corrected chi connectivity index (χ3v) is 5.22. The molecule has 2 aromatic rings. The molecule has 0 aromatic heterocycles. The van der Waals surface area contributed by atoms with Gasteiger partial charge in [0.1, 0.15) is 11.4 Å². The van der Waals surface area contributed by atoms with Gasteiger partial charge in [0, 0.05) is 6.07 Å². The van der Waals surface area contributed by atoms with E-state index in [0.29, 0.717) is 0 Å². The summed E-state index contributed by atoms with van der Waals surface area (Å²) in [5.74, 6) is 0.275. The van der Waals surface area contributed by atoms with Gasteiger partial charge in [-0.1, -0.05) is 17.7 Å². The summed E-state index contributed by atoms with van der Waals surface area (Å²) >= 11 is 3.14. The molecule has 0 aliphatic rings. The molecule has 0 fully saturated rings. The molecular weight excluding hydrogens is 388 g/mol. The Morgan fingerprint density at radius 2 is 1.78 bits per heavy atom. The number of nitro benzene ring substituents is 1. The van der Waals surface area contributed by atoms with Crippen molar-refractivity contribution in [2.45, 2.75) is 11.8 Å². The Bertz CT molecular complexity index is 850. The second kappa shape index (κ2) is 6.55. The van der Waals surface area contributed by atoms with Crippen LogP contribution in [0.2, 0.25) is 0 Å². The number of methoxy groups -OCH3 is 1. The lowest BCUT2D eigenvalue weighted by atomic mass is 10.2. The number of nitro groups is 1. The van der Waals surface area contributed by atoms with Gasteiger partial charge in [-0.15, -0.1) is 0 Å². The third kappa shape index (κ3) is 3.62. The lowest BCUT2D eigenvalue weighted by Gasteiger charge is -2.12. The highest BCUT2D eigenvalue weighted by atomic mass is 79.9. The Balaban J connectivity index is 2.53. The molecule has 2 aromatic carbocycles. The molecule has 9 heteroatoms. The largest absolute Gasteiger partial charge is 0.495 e. The summed E-state index contributed by atoms with van der Waals surface area (Å²) in [5, 5.41) is 11.1. The first-order chi connectivity index (χ1) is 10.8. The molecule has 0 radical (unpaired) electrons. The molecule has 23 heavy (non-hydrogen) atoms. The van der Waals surface area contributed by atoms with Crippen LogP contribution in [0.4, 0.5) is 11.4 Å². The van der Waals surface area contributed by atoms with Crippen LogP contribution in [0.3, 0.4) is 0 Å². The van der Waals surface area contributed by atoms with Crippen molar-refractivity contribution in [1.82, 2.24) is 0 Å². The van der Waals surface area contributed by atoms with E-state index in [0.717, 1.165) is 5.56 Å². The summed E-state index contributed by atoms with van der Waals surface area (Å²) in [6.07, 6.45) is 0. The number of hydrogen-bond acceptors (Lipinski definition) is 5. The molecule has 0 saturated carbocycles. The van der Waals surface area contributed by atoms with Crippen LogP contribution in [0, 0.1) is 17.0 Å². The summed E-state index contributed by atoms with van der Waals surface area (Å²) in [6.45, 7) is 1.83. The quantitative estimate of drug-likeness (QED) is 0.611. The van der Waals surface area contributed by atoms with E-state index in [1.807, 2.05) is 6.92 Å². The van der Waals surface area contributed by atoms with Gasteiger partial charge >= 0.3 is 0 Å². The van der Waals surface area contributed by atoms with Crippen LogP contribution in [-0.4, -0.2) is 20.5 Å². The van der Waals surface area contributed by atoms with E-state index in [-0.39, 0.29) is 26.5 Å². The average molecular weight is 401 g/mol. The Hall–Kier alpha value is -2.13. The average Bonchev–Trinajstić information content (AvgIpc) is 2.49. The molecule has 0 amide bonds. The van der Waals surface area contributed by atoms with Crippen molar-refractivity contribution in [2.24, 2.45) is 0 Å². The Kier molecular flexibility index (Phi) is 4.90. The van der Waals surface area contributed by atoms with E-state index in [2.05, 4.69) is 20.7 Å². The number of aryl methyl sites for hydroxylation is 1. The minimum Gasteiger partial charge on any atom is -0.495 e. The fraction of sp³-hybridized carbons (Fsp3) is 0.143. The van der Waals surface area contributed by atoms with E-state index in [4.69, 9.17) is 4.74 Å². The van der Waals surface area contributed by atoms with Crippen molar-refractivity contribution in [3.8, 4) is 5.75 Å². The van der Waals surface area contributed by atoms with Crippen molar-refractivity contribution < 1.29 is 18.1 Å². The van der Waals surface area contributed by atoms with Gasteiger partial charge in [0.05, 0.1) is 21.4 Å². The second-order valence-corrected chi connectivity index (χ2v) is 7.13. The molecule has 0 unspecified atom stereocenters. The minimum absolute atomic E-state index is 0.00659. The highest BCUT2D eigenvalue weighted by molar-refractivity contribution is 9.10. The zero-order valence-electron chi connectivity index (χ0n) is 12.2. The molecule has 0 bridgehead atoms. The number of sulfonamides is 1. The molecule has 1 N–H and O–H groups in total. The van der Waals surface area contributed by atoms with Gasteiger partial charge < -0.3 is 4.74 Å². The number of benzene rings is 2. The molecule has 0 aliphatic carbocycles. The van der Waals surface area contributed by atoms with E-state index < -0.39 is 14.9 Å². The van der Waals surface area contributed by atoms with Crippen LogP contribution < -0.4 is 9.46 Å². The number of hydrogen-bond donors (Lipinski definition) is 1. The maximum absolute atomic E-state index is 12.4. The van der Waals surface area contributed by atoms with Crippen LogP contribution in [0.1, 0.15) is 5.56 Å². The number of nitrogens with one attached hydrogen (secondary N) is 1. The zero-order chi connectivity index (χ0) is 17.2. The van der Waals surface area contributed by atoms with E-state index in [9.17, 15) is 18.5 Å². The highest BCUT2D eigenvalue weighted by Gasteiger charge is 2.25. The van der Waals surface area contributed by atoms with Crippen LogP contribution in [0.5, 0.6) is 5.75 Å². The second-order valence-electron chi connectivity index (χ2n) is 4.65. The van der Waals surface area contributed by atoms with E-state index >= 15 is 0 Å². The maximum Gasteiger partial charge on any atom is 0.294 e. The third-order valence-electron chi connectivity index (χ3n) is 3.07. The molecule has 122 valence electrons. The summed E-state index contributed by atoms with van der Waals surface area (Å²) in [6, 6.07) is 8.70. The summed E-state index contributed by atoms with van der Waals surface area (Å²) < 4.78 is 32.3. The van der Waals surface area contributed by atoms with E-state index in [1.54, 1.807) is 12.1 Å². The van der Waals surface area contributed by atoms with Crippen molar-refractivity contribution in [3.63, 3.8) is 0 Å². The minimum atomic E-state index is -3.97. The first-order valence-corrected chi connectivity index (χ1v) is 8.64. The van der Waals surface area contributed by atoms with Gasteiger partial charge in [0.15, 0.2) is 0 Å². The van der Waals surface area contributed by atoms with Gasteiger partial charge in [-0.25, -0.2) is 8.42 Å². The monoisotopic (exact) mass is 400 g/mol. The fourth-order valence-corrected chi connectivity index (χ4v) is 3.68. The zero-order valence-corrected chi connectivity index (χ0v) is 14.6. The summed E-state index contributed by atoms with van der Waals surface area (Å²) in [5.41, 5.74) is 0.334. The molecule has 7 nitrogen and oxygen atoms in total. The van der Waals surface area contributed by atoms with Crippen LogP contribution in [0.25, 0.3) is 0 Å². The van der Waals surface area contributed by atoms with Crippen molar-refractivity contribution >= 4 is 37.3 Å². The first-order valence-electron chi connectivity index (χ1n) is 6.36. The number of halogens is 1. The van der Waals surface area contributed by atoms with Crippen molar-refractivity contribution in [2.75, 3.05) is 11.8 Å². The van der Waals surface area contributed by atoms with Gasteiger partial charge in [0.25, 0.3) is 15.7 Å². The lowest BCUT2D eigenvalue weighted by Crippen LogP contribution is -2.14. The van der Waals surface area contributed by atoms with Gasteiger partial charge in [-0.3, -0.25) is 14.8 Å². The molecular formula is C14H13BrN2O5S. The number of nitrogens with zero attached hydrogens (tertiary/aromatic N) is 1. The fourth-order valence-electron chi connectivity index (χ4n) is 1.86. The van der Waals surface area contributed by atoms with Crippen LogP contribution in [-0.2, 0) is 10.0 Å². The van der Waals surface area contributed by atoms with E-state index in [1.165, 1.54) is 31.4 Å². The van der Waals surface area contributed by atoms with Crippen molar-refractivity contribution in [1.29, 1.82) is 0 Å². The Morgan fingerprint density at radius 1 is 1.17 bits per heavy atom. The van der Waals surface area contributed by atoms with Gasteiger partial charge in [-0.2, -0.15) is 0 Å². The lowest BCUT2D eigenvalue weighted by molar-refractivity contribution is -0.384.